The van der Waals surface area contributed by atoms with E-state index >= 15 is 0 Å². The van der Waals surface area contributed by atoms with Crippen molar-refractivity contribution in [3.8, 4) is 0 Å². The summed E-state index contributed by atoms with van der Waals surface area (Å²) in [5.41, 5.74) is 1.59. The van der Waals surface area contributed by atoms with Crippen LogP contribution in [0.25, 0.3) is 0 Å². The second-order valence-electron chi connectivity index (χ2n) is 5.75. The van der Waals surface area contributed by atoms with Gasteiger partial charge in [-0.15, -0.1) is 6.58 Å². The van der Waals surface area contributed by atoms with E-state index in [9.17, 15) is 8.78 Å². The number of hydrogen-bond acceptors (Lipinski definition) is 0. The Hall–Kier alpha value is -1.18. The van der Waals surface area contributed by atoms with Gasteiger partial charge in [0.15, 0.2) is 0 Å². The van der Waals surface area contributed by atoms with Crippen LogP contribution in [0.15, 0.2) is 48.6 Å². The topological polar surface area (TPSA) is 0 Å². The first-order valence-electron chi connectivity index (χ1n) is 7.41. The molecule has 0 aromatic rings. The Labute approximate surface area is 122 Å². The molecule has 1 rings (SSSR count). The Morgan fingerprint density at radius 3 is 2.65 bits per heavy atom. The van der Waals surface area contributed by atoms with Gasteiger partial charge in [0.2, 0.25) is 6.43 Å². The summed E-state index contributed by atoms with van der Waals surface area (Å²) in [6, 6.07) is 0. The van der Waals surface area contributed by atoms with Crippen LogP contribution >= 0.6 is 0 Å². The normalized spacial score (nSPS) is 23.2. The van der Waals surface area contributed by atoms with Crippen molar-refractivity contribution in [2.45, 2.75) is 46.0 Å². The second kappa shape index (κ2) is 8.18. The van der Waals surface area contributed by atoms with Gasteiger partial charge in [0.05, 0.1) is 5.92 Å². The zero-order valence-electron chi connectivity index (χ0n) is 12.6. The molecule has 0 nitrogen and oxygen atoms in total. The van der Waals surface area contributed by atoms with Crippen molar-refractivity contribution in [3.63, 3.8) is 0 Å². The zero-order valence-corrected chi connectivity index (χ0v) is 12.6. The summed E-state index contributed by atoms with van der Waals surface area (Å²) >= 11 is 0. The summed E-state index contributed by atoms with van der Waals surface area (Å²) < 4.78 is 26.8. The van der Waals surface area contributed by atoms with Gasteiger partial charge in [-0.2, -0.15) is 0 Å². The maximum atomic E-state index is 13.4. The SMILES string of the molecule is C=CC(C1=CC=CCCCCC1C)C(C(=C)C)C(F)F. The zero-order chi connectivity index (χ0) is 15.1. The van der Waals surface area contributed by atoms with Gasteiger partial charge in [-0.1, -0.05) is 55.4 Å². The van der Waals surface area contributed by atoms with Crippen LogP contribution in [0.2, 0.25) is 0 Å². The van der Waals surface area contributed by atoms with Crippen LogP contribution < -0.4 is 0 Å². The van der Waals surface area contributed by atoms with Crippen LogP contribution in [0.1, 0.15) is 39.5 Å². The molecule has 0 amide bonds. The lowest BCUT2D eigenvalue weighted by Crippen LogP contribution is -2.25. The number of rotatable bonds is 5. The highest BCUT2D eigenvalue weighted by molar-refractivity contribution is 5.25. The Balaban J connectivity index is 3.10. The van der Waals surface area contributed by atoms with E-state index in [1.54, 1.807) is 13.0 Å². The summed E-state index contributed by atoms with van der Waals surface area (Å²) in [5, 5.41) is 0. The third-order valence-corrected chi connectivity index (χ3v) is 4.12. The van der Waals surface area contributed by atoms with E-state index in [2.05, 4.69) is 26.2 Å². The molecular formula is C18H26F2. The first-order chi connectivity index (χ1) is 9.49. The minimum Gasteiger partial charge on any atom is -0.210 e. The van der Waals surface area contributed by atoms with Crippen LogP contribution in [0.4, 0.5) is 8.78 Å². The van der Waals surface area contributed by atoms with Gasteiger partial charge in [0.1, 0.15) is 0 Å². The van der Waals surface area contributed by atoms with Gasteiger partial charge in [0, 0.05) is 5.92 Å². The summed E-state index contributed by atoms with van der Waals surface area (Å²) in [4.78, 5) is 0. The fourth-order valence-electron chi connectivity index (χ4n) is 2.93. The Morgan fingerprint density at radius 1 is 1.40 bits per heavy atom. The molecule has 1 aliphatic carbocycles. The lowest BCUT2D eigenvalue weighted by molar-refractivity contribution is 0.0793. The third kappa shape index (κ3) is 4.43. The van der Waals surface area contributed by atoms with Crippen molar-refractivity contribution >= 4 is 0 Å². The number of allylic oxidation sites excluding steroid dienone is 6. The molecule has 0 radical (unpaired) electrons. The van der Waals surface area contributed by atoms with E-state index in [4.69, 9.17) is 0 Å². The first-order valence-corrected chi connectivity index (χ1v) is 7.41. The molecule has 0 aromatic heterocycles. The summed E-state index contributed by atoms with van der Waals surface area (Å²) in [6.07, 6.45) is 9.82. The third-order valence-electron chi connectivity index (χ3n) is 4.12. The molecule has 0 saturated carbocycles. The van der Waals surface area contributed by atoms with Crippen molar-refractivity contribution in [3.05, 3.63) is 48.6 Å². The largest absolute Gasteiger partial charge is 0.245 e. The van der Waals surface area contributed by atoms with E-state index in [0.29, 0.717) is 11.5 Å². The van der Waals surface area contributed by atoms with Crippen LogP contribution in [-0.4, -0.2) is 6.43 Å². The predicted molar refractivity (Wildman–Crippen MR) is 82.9 cm³/mol. The van der Waals surface area contributed by atoms with Gasteiger partial charge in [-0.25, -0.2) is 8.78 Å². The lowest BCUT2D eigenvalue weighted by atomic mass is 9.76. The van der Waals surface area contributed by atoms with E-state index < -0.39 is 12.3 Å². The average molecular weight is 280 g/mol. The molecule has 2 heteroatoms. The van der Waals surface area contributed by atoms with Crippen LogP contribution in [0.5, 0.6) is 0 Å². The van der Waals surface area contributed by atoms with E-state index in [1.807, 2.05) is 12.2 Å². The maximum Gasteiger partial charge on any atom is 0.245 e. The van der Waals surface area contributed by atoms with Gasteiger partial charge in [0.25, 0.3) is 0 Å². The molecule has 0 aliphatic heterocycles. The van der Waals surface area contributed by atoms with Crippen molar-refractivity contribution in [2.75, 3.05) is 0 Å². The maximum absolute atomic E-state index is 13.4. The van der Waals surface area contributed by atoms with Crippen molar-refractivity contribution in [2.24, 2.45) is 17.8 Å². The Morgan fingerprint density at radius 2 is 2.10 bits per heavy atom. The Bertz CT molecular complexity index is 390. The highest BCUT2D eigenvalue weighted by atomic mass is 19.3. The van der Waals surface area contributed by atoms with Gasteiger partial charge in [-0.05, 0) is 32.1 Å². The highest BCUT2D eigenvalue weighted by Gasteiger charge is 2.32. The minimum absolute atomic E-state index is 0.307. The monoisotopic (exact) mass is 280 g/mol. The van der Waals surface area contributed by atoms with Crippen LogP contribution in [0, 0.1) is 17.8 Å². The fourth-order valence-corrected chi connectivity index (χ4v) is 2.93. The summed E-state index contributed by atoms with van der Waals surface area (Å²) in [6.45, 7) is 11.4. The number of alkyl halides is 2. The number of hydrogen-bond donors (Lipinski definition) is 0. The van der Waals surface area contributed by atoms with Crippen LogP contribution in [-0.2, 0) is 0 Å². The fraction of sp³-hybridized carbons (Fsp3) is 0.556. The number of halogens is 2. The molecule has 0 bridgehead atoms. The molecule has 0 heterocycles. The Kier molecular flexibility index (Phi) is 6.90. The minimum atomic E-state index is -2.40. The van der Waals surface area contributed by atoms with Crippen molar-refractivity contribution in [1.82, 2.24) is 0 Å². The molecular weight excluding hydrogens is 254 g/mol. The molecule has 3 atom stereocenters. The van der Waals surface area contributed by atoms with Gasteiger partial charge < -0.3 is 0 Å². The first kappa shape index (κ1) is 16.9. The van der Waals surface area contributed by atoms with E-state index in [1.165, 1.54) is 6.42 Å². The van der Waals surface area contributed by atoms with E-state index in [0.717, 1.165) is 24.8 Å². The van der Waals surface area contributed by atoms with Crippen LogP contribution in [0.3, 0.4) is 0 Å². The van der Waals surface area contributed by atoms with Gasteiger partial charge in [-0.3, -0.25) is 0 Å². The van der Waals surface area contributed by atoms with Crippen molar-refractivity contribution < 1.29 is 8.78 Å². The summed E-state index contributed by atoms with van der Waals surface area (Å²) in [5.74, 6) is -0.859. The van der Waals surface area contributed by atoms with Crippen molar-refractivity contribution in [1.29, 1.82) is 0 Å². The molecule has 0 N–H and O–H groups in total. The highest BCUT2D eigenvalue weighted by Crippen LogP contribution is 2.37. The molecule has 1 aliphatic rings. The standard InChI is InChI=1S/C18H26F2/c1-5-15(17(13(2)3)18(19)20)16-12-10-8-6-7-9-11-14(16)4/h5,8,10,12,14-15,17-18H,1-2,6-7,9,11H2,3-4H3. The molecule has 3 unspecified atom stereocenters. The summed E-state index contributed by atoms with van der Waals surface area (Å²) in [7, 11) is 0. The van der Waals surface area contributed by atoms with E-state index in [-0.39, 0.29) is 5.92 Å². The second-order valence-corrected chi connectivity index (χ2v) is 5.75. The molecule has 0 aromatic carbocycles. The molecule has 0 saturated heterocycles. The molecule has 112 valence electrons. The molecule has 20 heavy (non-hydrogen) atoms. The predicted octanol–water partition coefficient (Wildman–Crippen LogP) is 5.94. The molecule has 0 fully saturated rings. The lowest BCUT2D eigenvalue weighted by Gasteiger charge is -2.30. The quantitative estimate of drug-likeness (QED) is 0.547. The average Bonchev–Trinajstić information content (AvgIpc) is 2.47. The smallest absolute Gasteiger partial charge is 0.210 e. The molecule has 0 spiro atoms. The van der Waals surface area contributed by atoms with Gasteiger partial charge >= 0.3 is 0 Å².